The van der Waals surface area contributed by atoms with Gasteiger partial charge in [0.1, 0.15) is 0 Å². The van der Waals surface area contributed by atoms with Crippen molar-refractivity contribution in [3.05, 3.63) is 35.5 Å². The molecule has 0 saturated heterocycles. The molecule has 1 fully saturated rings. The lowest BCUT2D eigenvalue weighted by Crippen LogP contribution is -2.36. The zero-order valence-electron chi connectivity index (χ0n) is 13.7. The van der Waals surface area contributed by atoms with Gasteiger partial charge in [0, 0.05) is 41.7 Å². The molecule has 25 heavy (non-hydrogen) atoms. The predicted octanol–water partition coefficient (Wildman–Crippen LogP) is 2.17. The van der Waals surface area contributed by atoms with E-state index in [1.54, 1.807) is 0 Å². The standard InChI is InChI=1S/C17H18N6OS/c24-16(10-25-17-19-20-21-23(17)11-5-6-11)22-8-7-15-13(9-22)12-3-1-2-4-14(12)18-15/h1-4,11,18H,5-10H2. The molecule has 1 N–H and O–H groups in total. The van der Waals surface area contributed by atoms with Crippen LogP contribution in [0.15, 0.2) is 29.4 Å². The van der Waals surface area contributed by atoms with E-state index in [4.69, 9.17) is 0 Å². The summed E-state index contributed by atoms with van der Waals surface area (Å²) in [5.41, 5.74) is 3.67. The number of carbonyl (C=O) groups is 1. The number of carbonyl (C=O) groups excluding carboxylic acids is 1. The van der Waals surface area contributed by atoms with E-state index in [9.17, 15) is 4.79 Å². The predicted molar refractivity (Wildman–Crippen MR) is 94.2 cm³/mol. The molecule has 3 aromatic rings. The first-order chi connectivity index (χ1) is 12.3. The fraction of sp³-hybridized carbons (Fsp3) is 0.412. The summed E-state index contributed by atoms with van der Waals surface area (Å²) in [5, 5.41) is 13.8. The number of nitrogens with zero attached hydrogens (tertiary/aromatic N) is 5. The lowest BCUT2D eigenvalue weighted by Gasteiger charge is -2.27. The van der Waals surface area contributed by atoms with Crippen molar-refractivity contribution >= 4 is 28.6 Å². The van der Waals surface area contributed by atoms with Crippen LogP contribution in [0.5, 0.6) is 0 Å². The van der Waals surface area contributed by atoms with Crippen molar-refractivity contribution in [2.75, 3.05) is 12.3 Å². The number of tetrazole rings is 1. The van der Waals surface area contributed by atoms with Crippen molar-refractivity contribution in [1.29, 1.82) is 0 Å². The van der Waals surface area contributed by atoms with Crippen LogP contribution in [0, 0.1) is 0 Å². The summed E-state index contributed by atoms with van der Waals surface area (Å²) in [6.45, 7) is 1.43. The molecule has 1 aliphatic heterocycles. The summed E-state index contributed by atoms with van der Waals surface area (Å²) in [4.78, 5) is 18.1. The zero-order chi connectivity index (χ0) is 16.8. The highest BCUT2D eigenvalue weighted by atomic mass is 32.2. The number of aromatic nitrogens is 5. The number of aromatic amines is 1. The normalized spacial score (nSPS) is 17.0. The first-order valence-corrected chi connectivity index (χ1v) is 9.55. The van der Waals surface area contributed by atoms with Gasteiger partial charge in [0.25, 0.3) is 0 Å². The molecule has 128 valence electrons. The topological polar surface area (TPSA) is 79.7 Å². The summed E-state index contributed by atoms with van der Waals surface area (Å²) < 4.78 is 1.85. The molecule has 3 heterocycles. The number of hydrogen-bond donors (Lipinski definition) is 1. The van der Waals surface area contributed by atoms with Crippen molar-refractivity contribution < 1.29 is 4.79 Å². The molecule has 7 nitrogen and oxygen atoms in total. The molecule has 2 aromatic heterocycles. The summed E-state index contributed by atoms with van der Waals surface area (Å²) in [5.74, 6) is 0.524. The smallest absolute Gasteiger partial charge is 0.233 e. The number of H-pyrrole nitrogens is 1. The van der Waals surface area contributed by atoms with Gasteiger partial charge in [-0.3, -0.25) is 4.79 Å². The fourth-order valence-electron chi connectivity index (χ4n) is 3.43. The number of para-hydroxylation sites is 1. The Labute approximate surface area is 148 Å². The summed E-state index contributed by atoms with van der Waals surface area (Å²) in [7, 11) is 0. The van der Waals surface area contributed by atoms with Crippen LogP contribution in [-0.4, -0.2) is 48.3 Å². The van der Waals surface area contributed by atoms with Gasteiger partial charge >= 0.3 is 0 Å². The number of amides is 1. The van der Waals surface area contributed by atoms with Crippen LogP contribution in [0.25, 0.3) is 10.9 Å². The molecule has 5 rings (SSSR count). The lowest BCUT2D eigenvalue weighted by atomic mass is 10.0. The van der Waals surface area contributed by atoms with Gasteiger partial charge in [-0.1, -0.05) is 30.0 Å². The van der Waals surface area contributed by atoms with Gasteiger partial charge in [0.15, 0.2) is 0 Å². The quantitative estimate of drug-likeness (QED) is 0.727. The van der Waals surface area contributed by atoms with Crippen LogP contribution in [0.2, 0.25) is 0 Å². The minimum absolute atomic E-state index is 0.145. The number of fused-ring (bicyclic) bond motifs is 3. The minimum atomic E-state index is 0.145. The monoisotopic (exact) mass is 354 g/mol. The maximum Gasteiger partial charge on any atom is 0.233 e. The highest BCUT2D eigenvalue weighted by Gasteiger charge is 2.29. The van der Waals surface area contributed by atoms with Crippen molar-refractivity contribution in [2.24, 2.45) is 0 Å². The molecule has 1 aromatic carbocycles. The molecule has 1 saturated carbocycles. The third-order valence-electron chi connectivity index (χ3n) is 4.92. The van der Waals surface area contributed by atoms with Gasteiger partial charge in [0.2, 0.25) is 11.1 Å². The SMILES string of the molecule is O=C(CSc1nnnn1C1CC1)N1CCc2[nH]c3ccccc3c2C1. The number of nitrogens with one attached hydrogen (secondary N) is 1. The van der Waals surface area contributed by atoms with Gasteiger partial charge in [-0.25, -0.2) is 4.68 Å². The van der Waals surface area contributed by atoms with E-state index in [0.717, 1.165) is 36.5 Å². The first-order valence-electron chi connectivity index (χ1n) is 8.56. The Bertz CT molecular complexity index is 944. The Kier molecular flexibility index (Phi) is 3.51. The van der Waals surface area contributed by atoms with E-state index in [1.165, 1.54) is 28.4 Å². The molecule has 8 heteroatoms. The highest BCUT2D eigenvalue weighted by Crippen LogP contribution is 2.36. The van der Waals surface area contributed by atoms with Crippen molar-refractivity contribution in [3.63, 3.8) is 0 Å². The van der Waals surface area contributed by atoms with E-state index in [2.05, 4.69) is 32.6 Å². The maximum atomic E-state index is 12.7. The lowest BCUT2D eigenvalue weighted by molar-refractivity contribution is -0.129. The summed E-state index contributed by atoms with van der Waals surface area (Å²) in [6, 6.07) is 8.72. The average Bonchev–Trinajstić information content (AvgIpc) is 3.26. The van der Waals surface area contributed by atoms with Crippen LogP contribution in [-0.2, 0) is 17.8 Å². The Hall–Kier alpha value is -2.35. The molecular weight excluding hydrogens is 336 g/mol. The van der Waals surface area contributed by atoms with Gasteiger partial charge < -0.3 is 9.88 Å². The average molecular weight is 354 g/mol. The van der Waals surface area contributed by atoms with Crippen LogP contribution in [0.3, 0.4) is 0 Å². The molecule has 0 unspecified atom stereocenters. The van der Waals surface area contributed by atoms with E-state index in [-0.39, 0.29) is 5.91 Å². The second-order valence-electron chi connectivity index (χ2n) is 6.62. The Morgan fingerprint density at radius 3 is 3.08 bits per heavy atom. The Morgan fingerprint density at radius 2 is 2.20 bits per heavy atom. The van der Waals surface area contributed by atoms with E-state index >= 15 is 0 Å². The molecule has 0 atom stereocenters. The Balaban J connectivity index is 1.29. The third kappa shape index (κ3) is 2.70. The largest absolute Gasteiger partial charge is 0.358 e. The van der Waals surface area contributed by atoms with Crippen LogP contribution in [0.4, 0.5) is 0 Å². The molecule has 1 aliphatic carbocycles. The number of thioether (sulfide) groups is 1. The maximum absolute atomic E-state index is 12.7. The van der Waals surface area contributed by atoms with Gasteiger partial charge in [-0.2, -0.15) is 0 Å². The second kappa shape index (κ2) is 5.87. The second-order valence-corrected chi connectivity index (χ2v) is 7.56. The van der Waals surface area contributed by atoms with Gasteiger partial charge in [-0.05, 0) is 29.3 Å². The van der Waals surface area contributed by atoms with Crippen molar-refractivity contribution in [2.45, 2.75) is 37.0 Å². The van der Waals surface area contributed by atoms with Crippen molar-refractivity contribution in [1.82, 2.24) is 30.1 Å². The van der Waals surface area contributed by atoms with Crippen LogP contribution < -0.4 is 0 Å². The van der Waals surface area contributed by atoms with E-state index in [1.807, 2.05) is 21.7 Å². The third-order valence-corrected chi connectivity index (χ3v) is 5.83. The summed E-state index contributed by atoms with van der Waals surface area (Å²) >= 11 is 1.44. The van der Waals surface area contributed by atoms with Gasteiger partial charge in [-0.15, -0.1) is 5.10 Å². The molecule has 0 bridgehead atoms. The molecular formula is C17H18N6OS. The molecule has 0 spiro atoms. The first kappa shape index (κ1) is 14.9. The number of hydrogen-bond acceptors (Lipinski definition) is 5. The van der Waals surface area contributed by atoms with Gasteiger partial charge in [0.05, 0.1) is 11.8 Å². The van der Waals surface area contributed by atoms with E-state index in [0.29, 0.717) is 18.3 Å². The zero-order valence-corrected chi connectivity index (χ0v) is 14.5. The van der Waals surface area contributed by atoms with Crippen LogP contribution in [0.1, 0.15) is 30.1 Å². The summed E-state index contributed by atoms with van der Waals surface area (Å²) in [6.07, 6.45) is 3.13. The number of benzene rings is 1. The van der Waals surface area contributed by atoms with Crippen molar-refractivity contribution in [3.8, 4) is 0 Å². The number of rotatable bonds is 4. The Morgan fingerprint density at radius 1 is 1.32 bits per heavy atom. The highest BCUT2D eigenvalue weighted by molar-refractivity contribution is 7.99. The molecule has 1 amide bonds. The minimum Gasteiger partial charge on any atom is -0.358 e. The molecule has 0 radical (unpaired) electrons. The fourth-order valence-corrected chi connectivity index (χ4v) is 4.27. The van der Waals surface area contributed by atoms with Crippen LogP contribution >= 0.6 is 11.8 Å². The molecule has 2 aliphatic rings. The van der Waals surface area contributed by atoms with E-state index < -0.39 is 0 Å².